The van der Waals surface area contributed by atoms with Crippen LogP contribution in [0.15, 0.2) is 24.3 Å². The zero-order valence-electron chi connectivity index (χ0n) is 14.9. The first-order valence-corrected chi connectivity index (χ1v) is 9.49. The molecule has 24 heavy (non-hydrogen) atoms. The molecule has 1 aliphatic heterocycles. The molecule has 3 rings (SSSR count). The second-order valence-electron chi connectivity index (χ2n) is 7.35. The number of nitrogens with one attached hydrogen (secondary N) is 1. The molecule has 4 heteroatoms. The minimum atomic E-state index is 0.377. The molecule has 1 aliphatic carbocycles. The lowest BCUT2D eigenvalue weighted by atomic mass is 10.0. The van der Waals surface area contributed by atoms with Gasteiger partial charge in [-0.2, -0.15) is 0 Å². The van der Waals surface area contributed by atoms with Crippen LogP contribution in [0, 0.1) is 5.92 Å². The summed E-state index contributed by atoms with van der Waals surface area (Å²) in [7, 11) is 1.71. The molecule has 0 unspecified atom stereocenters. The van der Waals surface area contributed by atoms with Gasteiger partial charge in [0.15, 0.2) is 0 Å². The second kappa shape index (κ2) is 8.52. The molecule has 2 fully saturated rings. The molecule has 0 atom stereocenters. The van der Waals surface area contributed by atoms with Gasteiger partial charge in [-0.3, -0.25) is 4.79 Å². The van der Waals surface area contributed by atoms with Gasteiger partial charge in [0.2, 0.25) is 5.91 Å². The molecule has 0 radical (unpaired) electrons. The van der Waals surface area contributed by atoms with Crippen LogP contribution in [0.5, 0.6) is 5.75 Å². The van der Waals surface area contributed by atoms with Crippen molar-refractivity contribution in [2.75, 3.05) is 33.3 Å². The average molecular weight is 331 g/mol. The van der Waals surface area contributed by atoms with Gasteiger partial charge in [0.05, 0.1) is 33.3 Å². The number of carbonyl (C=O) groups is 1. The van der Waals surface area contributed by atoms with E-state index in [9.17, 15) is 4.79 Å². The Bertz CT molecular complexity index is 532. The minimum absolute atomic E-state index is 0.377. The number of ether oxygens (including phenoxy) is 1. The summed E-state index contributed by atoms with van der Waals surface area (Å²) in [4.78, 5) is 16.0. The number of rotatable bonds is 6. The number of piperazine rings is 1. The maximum absolute atomic E-state index is 12.4. The number of methoxy groups -OCH3 is 1. The van der Waals surface area contributed by atoms with Crippen LogP contribution >= 0.6 is 0 Å². The van der Waals surface area contributed by atoms with Crippen LogP contribution in [-0.4, -0.2) is 44.1 Å². The number of hydrogen-bond donors (Lipinski definition) is 1. The zero-order valence-corrected chi connectivity index (χ0v) is 14.9. The van der Waals surface area contributed by atoms with Gasteiger partial charge in [-0.25, -0.2) is 0 Å². The summed E-state index contributed by atoms with van der Waals surface area (Å²) in [6.45, 7) is 4.92. The van der Waals surface area contributed by atoms with E-state index in [1.54, 1.807) is 12.0 Å². The number of nitrogens with zero attached hydrogens (tertiary/aromatic N) is 1. The van der Waals surface area contributed by atoms with Crippen molar-refractivity contribution in [1.82, 2.24) is 4.90 Å². The Kier molecular flexibility index (Phi) is 6.13. The quantitative estimate of drug-likeness (QED) is 0.864. The fourth-order valence-corrected chi connectivity index (χ4v) is 4.10. The molecule has 1 saturated heterocycles. The third kappa shape index (κ3) is 4.73. The molecule has 2 aliphatic rings. The minimum Gasteiger partial charge on any atom is -0.497 e. The van der Waals surface area contributed by atoms with Crippen LogP contribution in [-0.2, 0) is 11.3 Å². The predicted molar refractivity (Wildman–Crippen MR) is 95.2 cm³/mol. The van der Waals surface area contributed by atoms with E-state index in [1.165, 1.54) is 31.2 Å². The van der Waals surface area contributed by atoms with Crippen molar-refractivity contribution in [1.29, 1.82) is 0 Å². The van der Waals surface area contributed by atoms with Gasteiger partial charge in [-0.15, -0.1) is 0 Å². The maximum atomic E-state index is 12.4. The maximum Gasteiger partial charge on any atom is 0.222 e. The molecular weight excluding hydrogens is 300 g/mol. The topological polar surface area (TPSA) is 34.0 Å². The van der Waals surface area contributed by atoms with Crippen LogP contribution < -0.4 is 9.64 Å². The largest absolute Gasteiger partial charge is 0.497 e. The smallest absolute Gasteiger partial charge is 0.222 e. The fraction of sp³-hybridized carbons (Fsp3) is 0.650. The van der Waals surface area contributed by atoms with Crippen LogP contribution in [0.25, 0.3) is 0 Å². The van der Waals surface area contributed by atoms with Gasteiger partial charge in [0, 0.05) is 12.0 Å². The van der Waals surface area contributed by atoms with Crippen LogP contribution in [0.1, 0.15) is 44.1 Å². The first-order valence-electron chi connectivity index (χ1n) is 9.49. The number of benzene rings is 1. The van der Waals surface area contributed by atoms with Crippen molar-refractivity contribution in [2.24, 2.45) is 5.92 Å². The Hall–Kier alpha value is -1.55. The lowest BCUT2D eigenvalue weighted by Gasteiger charge is -2.32. The molecule has 0 spiro atoms. The van der Waals surface area contributed by atoms with Gasteiger partial charge in [-0.1, -0.05) is 37.8 Å². The molecule has 1 amide bonds. The third-order valence-corrected chi connectivity index (χ3v) is 5.65. The second-order valence-corrected chi connectivity index (χ2v) is 7.35. The van der Waals surface area contributed by atoms with E-state index >= 15 is 0 Å². The molecule has 0 bridgehead atoms. The summed E-state index contributed by atoms with van der Waals surface area (Å²) >= 11 is 0. The van der Waals surface area contributed by atoms with Crippen molar-refractivity contribution >= 4 is 5.91 Å². The Labute approximate surface area is 145 Å². The molecule has 1 aromatic carbocycles. The van der Waals surface area contributed by atoms with Gasteiger partial charge < -0.3 is 14.5 Å². The normalized spacial score (nSPS) is 19.6. The molecule has 4 nitrogen and oxygen atoms in total. The number of hydrogen-bond acceptors (Lipinski definition) is 2. The predicted octanol–water partition coefficient (Wildman–Crippen LogP) is 1.89. The average Bonchev–Trinajstić information content (AvgIpc) is 3.14. The summed E-state index contributed by atoms with van der Waals surface area (Å²) in [6.07, 6.45) is 7.28. The molecule has 1 N–H and O–H groups in total. The van der Waals surface area contributed by atoms with E-state index in [1.807, 2.05) is 6.07 Å². The van der Waals surface area contributed by atoms with E-state index in [2.05, 4.69) is 23.1 Å². The molecule has 132 valence electrons. The molecule has 1 heterocycles. The van der Waals surface area contributed by atoms with Crippen molar-refractivity contribution in [3.05, 3.63) is 29.8 Å². The lowest BCUT2D eigenvalue weighted by Crippen LogP contribution is -3.13. The van der Waals surface area contributed by atoms with Crippen molar-refractivity contribution in [3.63, 3.8) is 0 Å². The summed E-state index contributed by atoms with van der Waals surface area (Å²) in [5, 5.41) is 0. The van der Waals surface area contributed by atoms with Gasteiger partial charge in [0.1, 0.15) is 12.3 Å². The Morgan fingerprint density at radius 1 is 1.25 bits per heavy atom. The Balaban J connectivity index is 1.40. The molecular formula is C20H31N2O2+. The SMILES string of the molecule is COc1cccc(C[NH+]2CCN(C(=O)CCC3CCCC3)CC2)c1. The molecule has 1 saturated carbocycles. The van der Waals surface area contributed by atoms with Gasteiger partial charge >= 0.3 is 0 Å². The van der Waals surface area contributed by atoms with E-state index in [-0.39, 0.29) is 0 Å². The molecule has 1 aromatic rings. The monoisotopic (exact) mass is 331 g/mol. The highest BCUT2D eigenvalue weighted by Gasteiger charge is 2.24. The van der Waals surface area contributed by atoms with Crippen molar-refractivity contribution in [3.8, 4) is 5.75 Å². The zero-order chi connectivity index (χ0) is 16.8. The van der Waals surface area contributed by atoms with Crippen LogP contribution in [0.3, 0.4) is 0 Å². The third-order valence-electron chi connectivity index (χ3n) is 5.65. The lowest BCUT2D eigenvalue weighted by molar-refractivity contribution is -0.917. The number of carbonyl (C=O) groups excluding carboxylic acids is 1. The van der Waals surface area contributed by atoms with E-state index in [0.717, 1.165) is 57.2 Å². The summed E-state index contributed by atoms with van der Waals surface area (Å²) in [5.74, 6) is 2.11. The highest BCUT2D eigenvalue weighted by atomic mass is 16.5. The van der Waals surface area contributed by atoms with Crippen molar-refractivity contribution in [2.45, 2.75) is 45.1 Å². The van der Waals surface area contributed by atoms with Gasteiger partial charge in [0.25, 0.3) is 0 Å². The summed E-state index contributed by atoms with van der Waals surface area (Å²) in [6, 6.07) is 8.32. The summed E-state index contributed by atoms with van der Waals surface area (Å²) in [5.41, 5.74) is 1.31. The van der Waals surface area contributed by atoms with Crippen LogP contribution in [0.4, 0.5) is 0 Å². The Morgan fingerprint density at radius 2 is 2.00 bits per heavy atom. The van der Waals surface area contributed by atoms with E-state index in [0.29, 0.717) is 5.91 Å². The first kappa shape index (κ1) is 17.3. The van der Waals surface area contributed by atoms with E-state index in [4.69, 9.17) is 4.74 Å². The van der Waals surface area contributed by atoms with Crippen LogP contribution in [0.2, 0.25) is 0 Å². The fourth-order valence-electron chi connectivity index (χ4n) is 4.10. The number of quaternary nitrogens is 1. The Morgan fingerprint density at radius 3 is 2.71 bits per heavy atom. The van der Waals surface area contributed by atoms with Gasteiger partial charge in [-0.05, 0) is 24.5 Å². The highest BCUT2D eigenvalue weighted by molar-refractivity contribution is 5.76. The number of amides is 1. The highest BCUT2D eigenvalue weighted by Crippen LogP contribution is 2.28. The molecule has 0 aromatic heterocycles. The summed E-state index contributed by atoms with van der Waals surface area (Å²) < 4.78 is 5.30. The first-order chi connectivity index (χ1) is 11.7. The standard InChI is InChI=1S/C20H30N2O2/c1-24-19-8-4-7-18(15-19)16-21-11-13-22(14-12-21)20(23)10-9-17-5-2-3-6-17/h4,7-8,15,17H,2-3,5-6,9-14,16H2,1H3/p+1. The van der Waals surface area contributed by atoms with Crippen molar-refractivity contribution < 1.29 is 14.4 Å². The van der Waals surface area contributed by atoms with E-state index < -0.39 is 0 Å².